The zero-order chi connectivity index (χ0) is 9.94. The smallest absolute Gasteiger partial charge is 0.426 e. The van der Waals surface area contributed by atoms with Crippen molar-refractivity contribution in [1.29, 1.82) is 0 Å². The Balaban J connectivity index is 4.68. The molecule has 0 radical (unpaired) electrons. The van der Waals surface area contributed by atoms with Gasteiger partial charge in [-0.1, -0.05) is 0 Å². The molecule has 0 bridgehead atoms. The van der Waals surface area contributed by atoms with E-state index in [9.17, 15) is 9.59 Å². The number of ketones is 1. The van der Waals surface area contributed by atoms with Crippen LogP contribution in [0.3, 0.4) is 0 Å². The van der Waals surface area contributed by atoms with Crippen LogP contribution in [0.25, 0.3) is 0 Å². The zero-order valence-electron chi connectivity index (χ0n) is 5.78. The van der Waals surface area contributed by atoms with E-state index < -0.39 is 32.0 Å². The normalized spacial score (nSPS) is 14.0. The highest BCUT2D eigenvalue weighted by molar-refractivity contribution is 7.61. The molecule has 0 saturated carbocycles. The van der Waals surface area contributed by atoms with Crippen LogP contribution in [-0.4, -0.2) is 48.9 Å². The Hall–Kier alpha value is -0.590. The van der Waals surface area contributed by atoms with E-state index in [1.165, 1.54) is 0 Å². The first kappa shape index (κ1) is 11.4. The molecule has 0 aliphatic rings. The van der Waals surface area contributed by atoms with E-state index in [1.54, 1.807) is 0 Å². The number of carboxylic acids is 1. The van der Waals surface area contributed by atoms with Crippen LogP contribution in [0.15, 0.2) is 0 Å². The molecule has 7 nitrogen and oxygen atoms in total. The summed E-state index contributed by atoms with van der Waals surface area (Å²) in [5, 5.41) is 16.4. The van der Waals surface area contributed by atoms with Crippen molar-refractivity contribution in [2.75, 3.05) is 6.61 Å². The quantitative estimate of drug-likeness (QED) is 0.254. The van der Waals surface area contributed by atoms with Crippen molar-refractivity contribution in [3.8, 4) is 0 Å². The molecule has 0 aliphatic heterocycles. The molecule has 0 heterocycles. The highest BCUT2D eigenvalue weighted by Crippen LogP contribution is 2.50. The van der Waals surface area contributed by atoms with Gasteiger partial charge in [0, 0.05) is 0 Å². The van der Waals surface area contributed by atoms with Gasteiger partial charge in [0.1, 0.15) is 6.61 Å². The summed E-state index contributed by atoms with van der Waals surface area (Å²) < 4.78 is 0. The van der Waals surface area contributed by atoms with Crippen LogP contribution in [0.2, 0.25) is 0 Å². The second-order valence-corrected chi connectivity index (χ2v) is 3.73. The third-order valence-corrected chi connectivity index (χ3v) is 2.24. The van der Waals surface area contributed by atoms with Crippen molar-refractivity contribution >= 4 is 19.7 Å². The highest BCUT2D eigenvalue weighted by Gasteiger charge is 2.53. The fourth-order valence-corrected chi connectivity index (χ4v) is 1.33. The van der Waals surface area contributed by atoms with Crippen LogP contribution >= 0.6 is 7.94 Å². The van der Waals surface area contributed by atoms with Crippen molar-refractivity contribution in [3.63, 3.8) is 0 Å². The fraction of sp³-hybridized carbons (Fsp3) is 0.500. The second-order valence-electron chi connectivity index (χ2n) is 1.98. The Kier molecular flexibility index (Phi) is 3.69. The average molecular weight is 199 g/mol. The number of aliphatic carboxylic acids is 1. The maximum atomic E-state index is 10.5. The standard InChI is InChI=1S/C4H7O7P/c5-1-2(6)3(4(7)8)12(9,10)11/h3,5,9-11H,1H2/p+1. The predicted octanol–water partition coefficient (Wildman–Crippen LogP) is -2.26. The van der Waals surface area contributed by atoms with Crippen LogP contribution < -0.4 is 0 Å². The molecule has 0 rings (SSSR count). The highest BCUT2D eigenvalue weighted by atomic mass is 31.2. The maximum Gasteiger partial charge on any atom is 0.426 e. The molecule has 0 saturated heterocycles. The first-order chi connectivity index (χ1) is 5.30. The minimum Gasteiger partial charge on any atom is -0.478 e. The van der Waals surface area contributed by atoms with Crippen molar-refractivity contribution in [3.05, 3.63) is 0 Å². The van der Waals surface area contributed by atoms with Gasteiger partial charge < -0.3 is 10.2 Å². The van der Waals surface area contributed by atoms with Crippen LogP contribution in [0.4, 0.5) is 0 Å². The number of carbonyl (C=O) groups is 2. The monoisotopic (exact) mass is 199 g/mol. The lowest BCUT2D eigenvalue weighted by Gasteiger charge is -2.09. The van der Waals surface area contributed by atoms with Gasteiger partial charge in [0.2, 0.25) is 5.78 Å². The molecule has 1 atom stereocenters. The number of Topliss-reactive ketones (excluding diaryl/α,β-unsaturated/α-hetero) is 1. The van der Waals surface area contributed by atoms with E-state index >= 15 is 0 Å². The van der Waals surface area contributed by atoms with Gasteiger partial charge in [-0.25, -0.2) is 4.79 Å². The van der Waals surface area contributed by atoms with E-state index in [-0.39, 0.29) is 0 Å². The van der Waals surface area contributed by atoms with E-state index in [2.05, 4.69) is 0 Å². The number of aliphatic hydroxyl groups is 1. The Labute approximate surface area is 67.5 Å². The summed E-state index contributed by atoms with van der Waals surface area (Å²) >= 11 is 0. The summed E-state index contributed by atoms with van der Waals surface area (Å²) in [6.45, 7) is -1.17. The van der Waals surface area contributed by atoms with Crippen LogP contribution in [-0.2, 0) is 9.59 Å². The summed E-state index contributed by atoms with van der Waals surface area (Å²) in [6.07, 6.45) is 0. The summed E-state index contributed by atoms with van der Waals surface area (Å²) in [7, 11) is -4.76. The van der Waals surface area contributed by atoms with E-state index in [0.29, 0.717) is 0 Å². The van der Waals surface area contributed by atoms with Gasteiger partial charge in [0.15, 0.2) is 0 Å². The maximum absolute atomic E-state index is 10.5. The van der Waals surface area contributed by atoms with Crippen molar-refractivity contribution < 1.29 is 34.5 Å². The molecule has 0 aromatic heterocycles. The zero-order valence-corrected chi connectivity index (χ0v) is 6.68. The number of carbonyl (C=O) groups excluding carboxylic acids is 1. The van der Waals surface area contributed by atoms with Gasteiger partial charge in [0.25, 0.3) is 0 Å². The third-order valence-electron chi connectivity index (χ3n) is 1.04. The first-order valence-electron chi connectivity index (χ1n) is 2.74. The average Bonchev–Trinajstić information content (AvgIpc) is 1.83. The van der Waals surface area contributed by atoms with Crippen LogP contribution in [0.5, 0.6) is 0 Å². The lowest BCUT2D eigenvalue weighted by molar-refractivity contribution is -0.141. The Morgan fingerprint density at radius 1 is 1.25 bits per heavy atom. The SMILES string of the molecule is O=C(O)C(C(=O)CO)[P+](O)(O)O. The summed E-state index contributed by atoms with van der Waals surface area (Å²) in [5.74, 6) is -3.22. The molecule has 0 aromatic carbocycles. The molecule has 8 heteroatoms. The van der Waals surface area contributed by atoms with Gasteiger partial charge in [-0.15, -0.1) is 0 Å². The lowest BCUT2D eigenvalue weighted by Crippen LogP contribution is -2.34. The van der Waals surface area contributed by atoms with Gasteiger partial charge >= 0.3 is 19.6 Å². The molecule has 0 spiro atoms. The molecule has 12 heavy (non-hydrogen) atoms. The molecule has 1 unspecified atom stereocenters. The molecule has 70 valence electrons. The predicted molar refractivity (Wildman–Crippen MR) is 37.1 cm³/mol. The number of carboxylic acid groups (broad SMARTS) is 1. The largest absolute Gasteiger partial charge is 0.478 e. The minimum atomic E-state index is -4.76. The van der Waals surface area contributed by atoms with Crippen LogP contribution in [0.1, 0.15) is 0 Å². The molecular weight excluding hydrogens is 191 g/mol. The van der Waals surface area contributed by atoms with Gasteiger partial charge in [0.05, 0.1) is 0 Å². The van der Waals surface area contributed by atoms with Crippen LogP contribution in [0, 0.1) is 0 Å². The molecule has 0 aromatic rings. The Bertz CT molecular complexity index is 194. The van der Waals surface area contributed by atoms with Gasteiger partial charge in [-0.3, -0.25) is 4.79 Å². The van der Waals surface area contributed by atoms with E-state index in [1.807, 2.05) is 0 Å². The summed E-state index contributed by atoms with van der Waals surface area (Å²) in [4.78, 5) is 46.1. The number of aliphatic hydroxyl groups excluding tert-OH is 1. The molecule has 0 amide bonds. The topological polar surface area (TPSA) is 135 Å². The van der Waals surface area contributed by atoms with Gasteiger partial charge in [-0.05, 0) is 0 Å². The third kappa shape index (κ3) is 2.80. The first-order valence-corrected chi connectivity index (χ1v) is 4.45. The van der Waals surface area contributed by atoms with Crippen molar-refractivity contribution in [2.45, 2.75) is 5.66 Å². The Morgan fingerprint density at radius 2 is 1.67 bits per heavy atom. The lowest BCUT2D eigenvalue weighted by atomic mass is 10.3. The fourth-order valence-electron chi connectivity index (χ4n) is 0.566. The van der Waals surface area contributed by atoms with Crippen molar-refractivity contribution in [2.24, 2.45) is 0 Å². The van der Waals surface area contributed by atoms with E-state index in [0.717, 1.165) is 0 Å². The molecule has 0 fully saturated rings. The number of hydrogen-bond donors (Lipinski definition) is 5. The number of hydrogen-bond acceptors (Lipinski definition) is 6. The summed E-state index contributed by atoms with van der Waals surface area (Å²) in [6, 6.07) is 0. The summed E-state index contributed by atoms with van der Waals surface area (Å²) in [5.41, 5.74) is -2.34. The molecular formula is C4H8O7P+. The molecule has 0 aliphatic carbocycles. The Morgan fingerprint density at radius 3 is 1.75 bits per heavy atom. The van der Waals surface area contributed by atoms with E-state index in [4.69, 9.17) is 24.9 Å². The van der Waals surface area contributed by atoms with Crippen molar-refractivity contribution in [1.82, 2.24) is 0 Å². The second kappa shape index (κ2) is 3.88. The van der Waals surface area contributed by atoms with Gasteiger partial charge in [-0.2, -0.15) is 14.7 Å². The minimum absolute atomic E-state index is 1.17. The number of rotatable bonds is 4. The molecule has 5 N–H and O–H groups in total.